The van der Waals surface area contributed by atoms with Crippen molar-refractivity contribution in [1.82, 2.24) is 4.68 Å². The van der Waals surface area contributed by atoms with E-state index in [1.54, 1.807) is 0 Å². The molecule has 5 heteroatoms. The third-order valence-corrected chi connectivity index (χ3v) is 3.13. The van der Waals surface area contributed by atoms with Gasteiger partial charge in [0.2, 0.25) is 0 Å². The highest BCUT2D eigenvalue weighted by atomic mass is 16.5. The fraction of sp³-hybridized carbons (Fsp3) is 0.583. The molecule has 2 N–H and O–H groups in total. The minimum absolute atomic E-state index is 0.0164. The molecule has 1 aromatic rings. The summed E-state index contributed by atoms with van der Waals surface area (Å²) in [6.45, 7) is 4.69. The molecule has 2 atom stereocenters. The van der Waals surface area contributed by atoms with Crippen molar-refractivity contribution in [2.24, 2.45) is 0 Å². The number of rotatable bonds is 4. The molecule has 0 aliphatic carbocycles. The van der Waals surface area contributed by atoms with Crippen LogP contribution in [0.5, 0.6) is 0 Å². The van der Waals surface area contributed by atoms with Gasteiger partial charge in [-0.05, 0) is 38.8 Å². The van der Waals surface area contributed by atoms with E-state index >= 15 is 0 Å². The summed E-state index contributed by atoms with van der Waals surface area (Å²) in [6.07, 6.45) is 0.750. The van der Waals surface area contributed by atoms with Gasteiger partial charge < -0.3 is 15.3 Å². The second-order valence-corrected chi connectivity index (χ2v) is 4.48. The molecule has 0 radical (unpaired) electrons. The number of carbonyl (C=O) groups is 1. The van der Waals surface area contributed by atoms with E-state index in [1.807, 2.05) is 30.7 Å². The van der Waals surface area contributed by atoms with Gasteiger partial charge in [-0.25, -0.2) is 4.79 Å². The number of aliphatic carboxylic acids is 1. The van der Waals surface area contributed by atoms with Gasteiger partial charge in [-0.3, -0.25) is 4.68 Å². The van der Waals surface area contributed by atoms with E-state index < -0.39 is 12.1 Å². The average molecular weight is 238 g/mol. The molecule has 1 aliphatic heterocycles. The van der Waals surface area contributed by atoms with Crippen molar-refractivity contribution in [3.8, 4) is 0 Å². The molecule has 0 saturated carbocycles. The minimum atomic E-state index is -0.860. The molecule has 2 rings (SSSR count). The van der Waals surface area contributed by atoms with Gasteiger partial charge in [0, 0.05) is 11.4 Å². The summed E-state index contributed by atoms with van der Waals surface area (Å²) in [4.78, 5) is 10.7. The van der Waals surface area contributed by atoms with E-state index in [1.165, 1.54) is 0 Å². The van der Waals surface area contributed by atoms with Crippen LogP contribution in [0.15, 0.2) is 12.1 Å². The Morgan fingerprint density at radius 3 is 2.65 bits per heavy atom. The zero-order chi connectivity index (χ0) is 12.4. The third-order valence-electron chi connectivity index (χ3n) is 3.13. The molecule has 0 amide bonds. The summed E-state index contributed by atoms with van der Waals surface area (Å²) in [5, 5.41) is 8.82. The van der Waals surface area contributed by atoms with Crippen LogP contribution in [0.2, 0.25) is 0 Å². The maximum absolute atomic E-state index is 10.7. The van der Waals surface area contributed by atoms with E-state index in [4.69, 9.17) is 9.84 Å². The number of carboxylic acids is 1. The Morgan fingerprint density at radius 2 is 2.12 bits per heavy atom. The number of hydrogen-bond donors (Lipinski definition) is 2. The van der Waals surface area contributed by atoms with Crippen LogP contribution in [0.25, 0.3) is 0 Å². The number of ether oxygens (including phenoxy) is 1. The Morgan fingerprint density at radius 1 is 1.47 bits per heavy atom. The van der Waals surface area contributed by atoms with Crippen LogP contribution in [0, 0.1) is 13.8 Å². The molecule has 1 aliphatic rings. The van der Waals surface area contributed by atoms with Gasteiger partial charge in [0.05, 0.1) is 12.6 Å². The molecular formula is C12H18N2O3. The van der Waals surface area contributed by atoms with Crippen LogP contribution < -0.4 is 5.43 Å². The number of hydrogen-bond acceptors (Lipinski definition) is 3. The normalized spacial score (nSPS) is 23.9. The Balaban J connectivity index is 1.86. The van der Waals surface area contributed by atoms with Gasteiger partial charge in [-0.1, -0.05) is 0 Å². The lowest BCUT2D eigenvalue weighted by atomic mass is 10.2. The fourth-order valence-electron chi connectivity index (χ4n) is 2.15. The molecule has 17 heavy (non-hydrogen) atoms. The van der Waals surface area contributed by atoms with Gasteiger partial charge in [0.1, 0.15) is 0 Å². The monoisotopic (exact) mass is 238 g/mol. The summed E-state index contributed by atoms with van der Waals surface area (Å²) in [5.74, 6) is -0.860. The maximum atomic E-state index is 10.7. The summed E-state index contributed by atoms with van der Waals surface area (Å²) >= 11 is 0. The molecule has 2 heterocycles. The third kappa shape index (κ3) is 2.61. The number of carboxylic acid groups (broad SMARTS) is 1. The SMILES string of the molecule is Cc1ccc(C)n1NCC1CCC(C(=O)O)O1. The minimum Gasteiger partial charge on any atom is -0.479 e. The lowest BCUT2D eigenvalue weighted by Gasteiger charge is -2.16. The molecule has 1 fully saturated rings. The second kappa shape index (κ2) is 4.79. The smallest absolute Gasteiger partial charge is 0.332 e. The van der Waals surface area contributed by atoms with Gasteiger partial charge >= 0.3 is 5.97 Å². The van der Waals surface area contributed by atoms with Gasteiger partial charge in [0.25, 0.3) is 0 Å². The Bertz CT molecular complexity index is 394. The summed E-state index contributed by atoms with van der Waals surface area (Å²) in [7, 11) is 0. The van der Waals surface area contributed by atoms with Crippen molar-refractivity contribution in [2.45, 2.75) is 38.9 Å². The van der Waals surface area contributed by atoms with E-state index in [0.29, 0.717) is 13.0 Å². The van der Waals surface area contributed by atoms with Crippen molar-refractivity contribution < 1.29 is 14.6 Å². The van der Waals surface area contributed by atoms with Gasteiger partial charge in [-0.2, -0.15) is 0 Å². The van der Waals surface area contributed by atoms with Crippen LogP contribution in [-0.2, 0) is 9.53 Å². The Labute approximate surface area is 100 Å². The molecule has 0 spiro atoms. The topological polar surface area (TPSA) is 63.5 Å². The summed E-state index contributed by atoms with van der Waals surface area (Å²) in [5.41, 5.74) is 5.53. The van der Waals surface area contributed by atoms with Crippen LogP contribution in [-0.4, -0.2) is 34.5 Å². The Hall–Kier alpha value is -1.49. The number of aromatic nitrogens is 1. The molecule has 94 valence electrons. The second-order valence-electron chi connectivity index (χ2n) is 4.48. The number of nitrogens with zero attached hydrogens (tertiary/aromatic N) is 1. The highest BCUT2D eigenvalue weighted by Crippen LogP contribution is 2.19. The predicted octanol–water partition coefficient (Wildman–Crippen LogP) is 1.28. The molecule has 1 saturated heterocycles. The largest absolute Gasteiger partial charge is 0.479 e. The van der Waals surface area contributed by atoms with Crippen LogP contribution in [0.1, 0.15) is 24.2 Å². The first-order valence-corrected chi connectivity index (χ1v) is 5.85. The highest BCUT2D eigenvalue weighted by Gasteiger charge is 2.30. The molecular weight excluding hydrogens is 220 g/mol. The van der Waals surface area contributed by atoms with Crippen molar-refractivity contribution in [3.63, 3.8) is 0 Å². The van der Waals surface area contributed by atoms with Gasteiger partial charge in [0.15, 0.2) is 6.10 Å². The van der Waals surface area contributed by atoms with Crippen LogP contribution >= 0.6 is 0 Å². The van der Waals surface area contributed by atoms with Crippen molar-refractivity contribution in [2.75, 3.05) is 12.0 Å². The summed E-state index contributed by atoms with van der Waals surface area (Å²) < 4.78 is 7.42. The molecule has 5 nitrogen and oxygen atoms in total. The first-order valence-electron chi connectivity index (χ1n) is 5.85. The van der Waals surface area contributed by atoms with Crippen molar-refractivity contribution in [3.05, 3.63) is 23.5 Å². The lowest BCUT2D eigenvalue weighted by molar-refractivity contribution is -0.149. The molecule has 2 unspecified atom stereocenters. The zero-order valence-corrected chi connectivity index (χ0v) is 10.1. The predicted molar refractivity (Wildman–Crippen MR) is 63.7 cm³/mol. The van der Waals surface area contributed by atoms with Crippen LogP contribution in [0.4, 0.5) is 0 Å². The zero-order valence-electron chi connectivity index (χ0n) is 10.1. The molecule has 0 bridgehead atoms. The van der Waals surface area contributed by atoms with E-state index in [2.05, 4.69) is 5.43 Å². The lowest BCUT2D eigenvalue weighted by Crippen LogP contribution is -2.29. The fourth-order valence-corrected chi connectivity index (χ4v) is 2.15. The standard InChI is InChI=1S/C12H18N2O3/c1-8-3-4-9(2)14(8)13-7-10-5-6-11(17-10)12(15)16/h3-4,10-11,13H,5-7H2,1-2H3,(H,15,16). The Kier molecular flexibility index (Phi) is 3.38. The highest BCUT2D eigenvalue weighted by molar-refractivity contribution is 5.72. The average Bonchev–Trinajstić information content (AvgIpc) is 2.85. The van der Waals surface area contributed by atoms with Gasteiger partial charge in [-0.15, -0.1) is 0 Å². The quantitative estimate of drug-likeness (QED) is 0.829. The molecule has 0 aromatic carbocycles. The van der Waals surface area contributed by atoms with E-state index in [-0.39, 0.29) is 6.10 Å². The first-order chi connectivity index (χ1) is 8.08. The maximum Gasteiger partial charge on any atom is 0.332 e. The van der Waals surface area contributed by atoms with Crippen molar-refractivity contribution >= 4 is 5.97 Å². The van der Waals surface area contributed by atoms with Crippen LogP contribution in [0.3, 0.4) is 0 Å². The van der Waals surface area contributed by atoms with Crippen molar-refractivity contribution in [1.29, 1.82) is 0 Å². The number of nitrogens with one attached hydrogen (secondary N) is 1. The first kappa shape index (κ1) is 12.0. The molecule has 1 aromatic heterocycles. The van der Waals surface area contributed by atoms with E-state index in [0.717, 1.165) is 17.8 Å². The number of aryl methyl sites for hydroxylation is 2. The summed E-state index contributed by atoms with van der Waals surface area (Å²) in [6, 6.07) is 4.08. The van der Waals surface area contributed by atoms with E-state index in [9.17, 15) is 4.79 Å².